The third-order valence-electron chi connectivity index (χ3n) is 4.96. The van der Waals surface area contributed by atoms with E-state index in [4.69, 9.17) is 9.72 Å². The Morgan fingerprint density at radius 2 is 2.06 bits per heavy atom. The number of benzene rings is 1. The highest BCUT2D eigenvalue weighted by atomic mass is 32.1. The number of amides is 1. The number of fused-ring (bicyclic) bond motifs is 1. The molecule has 0 bridgehead atoms. The van der Waals surface area contributed by atoms with E-state index in [-0.39, 0.29) is 5.91 Å². The van der Waals surface area contributed by atoms with E-state index in [1.165, 1.54) is 16.9 Å². The molecule has 0 fully saturated rings. The molecule has 0 aliphatic heterocycles. The van der Waals surface area contributed by atoms with E-state index in [1.807, 2.05) is 35.6 Å². The quantitative estimate of drug-likeness (QED) is 0.408. The molecule has 0 saturated carbocycles. The summed E-state index contributed by atoms with van der Waals surface area (Å²) in [5.41, 5.74) is 4.75. The van der Waals surface area contributed by atoms with Gasteiger partial charge in [-0.1, -0.05) is 41.2 Å². The van der Waals surface area contributed by atoms with Gasteiger partial charge < -0.3 is 15.4 Å². The fraction of sp³-hybridized carbons (Fsp3) is 0.261. The van der Waals surface area contributed by atoms with Gasteiger partial charge in [0.05, 0.1) is 18.8 Å². The van der Waals surface area contributed by atoms with Crippen molar-refractivity contribution in [2.75, 3.05) is 25.6 Å². The lowest BCUT2D eigenvalue weighted by atomic mass is 10.1. The molecule has 0 spiro atoms. The Bertz CT molecular complexity index is 1200. The second kappa shape index (κ2) is 9.28. The van der Waals surface area contributed by atoms with Gasteiger partial charge in [-0.15, -0.1) is 0 Å². The van der Waals surface area contributed by atoms with Crippen LogP contribution in [0.2, 0.25) is 0 Å². The number of thiazole rings is 1. The maximum Gasteiger partial charge on any atom is 0.263 e. The number of pyridine rings is 1. The zero-order chi connectivity index (χ0) is 21.8. The van der Waals surface area contributed by atoms with Crippen molar-refractivity contribution < 1.29 is 9.53 Å². The van der Waals surface area contributed by atoms with Gasteiger partial charge in [0.2, 0.25) is 0 Å². The van der Waals surface area contributed by atoms with Gasteiger partial charge in [-0.2, -0.15) is 0 Å². The van der Waals surface area contributed by atoms with Crippen molar-refractivity contribution in [3.63, 3.8) is 0 Å². The van der Waals surface area contributed by atoms with Crippen LogP contribution in [0.3, 0.4) is 0 Å². The smallest absolute Gasteiger partial charge is 0.263 e. The molecule has 0 aliphatic carbocycles. The van der Waals surface area contributed by atoms with Crippen LogP contribution in [0.25, 0.3) is 16.2 Å². The first kappa shape index (κ1) is 21.0. The minimum Gasteiger partial charge on any atom is -0.383 e. The maximum absolute atomic E-state index is 12.9. The Morgan fingerprint density at radius 3 is 2.81 bits per heavy atom. The molecule has 0 atom stereocenters. The number of ether oxygens (including phenoxy) is 1. The van der Waals surface area contributed by atoms with Gasteiger partial charge in [-0.3, -0.25) is 14.2 Å². The first-order chi connectivity index (χ1) is 15.1. The number of anilines is 1. The zero-order valence-electron chi connectivity index (χ0n) is 17.8. The van der Waals surface area contributed by atoms with Crippen LogP contribution in [-0.2, 0) is 11.3 Å². The number of methoxy groups -OCH3 is 1. The number of imidazole rings is 1. The van der Waals surface area contributed by atoms with Crippen molar-refractivity contribution in [3.8, 4) is 11.3 Å². The lowest BCUT2D eigenvalue weighted by molar-refractivity contribution is 0.0953. The molecule has 8 heteroatoms. The number of hydrogen-bond donors (Lipinski definition) is 2. The van der Waals surface area contributed by atoms with Gasteiger partial charge in [-0.25, -0.2) is 4.98 Å². The molecule has 0 radical (unpaired) electrons. The summed E-state index contributed by atoms with van der Waals surface area (Å²) in [6, 6.07) is 13.9. The van der Waals surface area contributed by atoms with Gasteiger partial charge >= 0.3 is 0 Å². The second-order valence-corrected chi connectivity index (χ2v) is 8.21. The van der Waals surface area contributed by atoms with Gasteiger partial charge in [0.1, 0.15) is 16.4 Å². The van der Waals surface area contributed by atoms with E-state index in [0.717, 1.165) is 33.4 Å². The molecule has 0 aliphatic rings. The Hall–Kier alpha value is -3.23. The molecule has 3 heterocycles. The summed E-state index contributed by atoms with van der Waals surface area (Å²) in [6.07, 6.45) is 1.72. The molecule has 7 nitrogen and oxygen atoms in total. The van der Waals surface area contributed by atoms with Crippen LogP contribution in [0, 0.1) is 13.8 Å². The average Bonchev–Trinajstić information content (AvgIpc) is 3.30. The van der Waals surface area contributed by atoms with Gasteiger partial charge in [0.15, 0.2) is 4.96 Å². The molecule has 1 aromatic carbocycles. The number of rotatable bonds is 8. The molecular formula is C23H25N5O2S. The van der Waals surface area contributed by atoms with Crippen molar-refractivity contribution in [2.45, 2.75) is 20.4 Å². The highest BCUT2D eigenvalue weighted by Gasteiger charge is 2.23. The van der Waals surface area contributed by atoms with E-state index in [9.17, 15) is 4.79 Å². The molecule has 160 valence electrons. The molecule has 31 heavy (non-hydrogen) atoms. The molecule has 3 aromatic heterocycles. The number of hydrogen-bond acceptors (Lipinski definition) is 6. The van der Waals surface area contributed by atoms with E-state index < -0.39 is 0 Å². The number of carbonyl (C=O) groups excluding carboxylic acids is 1. The molecule has 0 saturated heterocycles. The highest BCUT2D eigenvalue weighted by Crippen LogP contribution is 2.34. The van der Waals surface area contributed by atoms with Crippen molar-refractivity contribution >= 4 is 28.0 Å². The van der Waals surface area contributed by atoms with Crippen LogP contribution >= 0.6 is 11.3 Å². The number of carbonyl (C=O) groups is 1. The monoisotopic (exact) mass is 435 g/mol. The number of aromatic nitrogens is 3. The van der Waals surface area contributed by atoms with Crippen LogP contribution in [0.15, 0.2) is 48.7 Å². The third-order valence-corrected chi connectivity index (χ3v) is 6.10. The van der Waals surface area contributed by atoms with E-state index in [0.29, 0.717) is 24.6 Å². The molecule has 1 amide bonds. The molecule has 4 rings (SSSR count). The second-order valence-electron chi connectivity index (χ2n) is 7.24. The van der Waals surface area contributed by atoms with Crippen LogP contribution in [-0.4, -0.2) is 40.5 Å². The summed E-state index contributed by atoms with van der Waals surface area (Å²) >= 11 is 1.39. The highest BCUT2D eigenvalue weighted by molar-refractivity contribution is 7.19. The number of nitrogens with zero attached hydrogens (tertiary/aromatic N) is 3. The topological polar surface area (TPSA) is 80.5 Å². The zero-order valence-corrected chi connectivity index (χ0v) is 18.6. The number of aryl methyl sites for hydroxylation is 2. The minimum absolute atomic E-state index is 0.126. The Kier molecular flexibility index (Phi) is 6.29. The predicted molar refractivity (Wildman–Crippen MR) is 124 cm³/mol. The molecule has 2 N–H and O–H groups in total. The Morgan fingerprint density at radius 1 is 1.19 bits per heavy atom. The molecule has 0 unspecified atom stereocenters. The van der Waals surface area contributed by atoms with Crippen molar-refractivity contribution in [3.05, 3.63) is 70.5 Å². The van der Waals surface area contributed by atoms with Crippen molar-refractivity contribution in [2.24, 2.45) is 0 Å². The van der Waals surface area contributed by atoms with Crippen LogP contribution < -0.4 is 10.6 Å². The van der Waals surface area contributed by atoms with Crippen molar-refractivity contribution in [1.29, 1.82) is 0 Å². The van der Waals surface area contributed by atoms with Crippen LogP contribution in [0.1, 0.15) is 26.6 Å². The first-order valence-corrected chi connectivity index (χ1v) is 10.9. The van der Waals surface area contributed by atoms with Crippen LogP contribution in [0.4, 0.5) is 5.82 Å². The van der Waals surface area contributed by atoms with Gasteiger partial charge in [-0.05, 0) is 32.0 Å². The minimum atomic E-state index is -0.126. The molecular weight excluding hydrogens is 410 g/mol. The maximum atomic E-state index is 12.9. The predicted octanol–water partition coefficient (Wildman–Crippen LogP) is 4.06. The average molecular weight is 436 g/mol. The fourth-order valence-corrected chi connectivity index (χ4v) is 4.48. The summed E-state index contributed by atoms with van der Waals surface area (Å²) in [6.45, 7) is 5.60. The largest absolute Gasteiger partial charge is 0.383 e. The summed E-state index contributed by atoms with van der Waals surface area (Å²) in [4.78, 5) is 23.4. The SMILES string of the molecule is COCCNc1c(-c2cccc(C)c2)nc2sc(C(=O)NCc3ccccn3)c(C)n12. The van der Waals surface area contributed by atoms with Crippen LogP contribution in [0.5, 0.6) is 0 Å². The number of nitrogens with one attached hydrogen (secondary N) is 2. The third kappa shape index (κ3) is 4.45. The summed E-state index contributed by atoms with van der Waals surface area (Å²) < 4.78 is 7.23. The van der Waals surface area contributed by atoms with E-state index in [1.54, 1.807) is 13.3 Å². The van der Waals surface area contributed by atoms with E-state index in [2.05, 4.69) is 40.7 Å². The first-order valence-electron chi connectivity index (χ1n) is 10.1. The normalized spacial score (nSPS) is 11.1. The van der Waals surface area contributed by atoms with E-state index >= 15 is 0 Å². The van der Waals surface area contributed by atoms with Gasteiger partial charge in [0.25, 0.3) is 5.91 Å². The fourth-order valence-electron chi connectivity index (χ4n) is 3.44. The summed E-state index contributed by atoms with van der Waals surface area (Å²) in [5, 5.41) is 6.41. The Balaban J connectivity index is 1.68. The Labute approximate surface area is 185 Å². The van der Waals surface area contributed by atoms with Gasteiger partial charge in [0, 0.05) is 31.1 Å². The summed E-state index contributed by atoms with van der Waals surface area (Å²) in [7, 11) is 1.68. The lowest BCUT2D eigenvalue weighted by Crippen LogP contribution is -2.23. The van der Waals surface area contributed by atoms with Crippen molar-refractivity contribution in [1.82, 2.24) is 19.7 Å². The standard InChI is InChI=1S/C23H25N5O2S/c1-15-7-6-8-17(13-15)19-21(25-11-12-30-3)28-16(2)20(31-23(28)27-19)22(29)26-14-18-9-4-5-10-24-18/h4-10,13,25H,11-12,14H2,1-3H3,(H,26,29). The summed E-state index contributed by atoms with van der Waals surface area (Å²) in [5.74, 6) is 0.744. The lowest BCUT2D eigenvalue weighted by Gasteiger charge is -2.10. The molecule has 4 aromatic rings.